The van der Waals surface area contributed by atoms with Crippen LogP contribution in [0.15, 0.2) is 0 Å². The van der Waals surface area contributed by atoms with Crippen molar-refractivity contribution in [1.29, 1.82) is 0 Å². The molecule has 0 aromatic carbocycles. The minimum absolute atomic E-state index is 0.0694. The highest BCUT2D eigenvalue weighted by Crippen LogP contribution is 2.13. The Balaban J connectivity index is 3.10. The molecule has 126 valence electrons. The Morgan fingerprint density at radius 1 is 0.952 bits per heavy atom. The van der Waals surface area contributed by atoms with Crippen LogP contribution in [0, 0.1) is 0 Å². The summed E-state index contributed by atoms with van der Waals surface area (Å²) in [6, 6.07) is 0. The summed E-state index contributed by atoms with van der Waals surface area (Å²) >= 11 is 1.75. The summed E-state index contributed by atoms with van der Waals surface area (Å²) < 4.78 is 0. The third-order valence-corrected chi connectivity index (χ3v) is 4.84. The first-order valence-corrected chi connectivity index (χ1v) is 9.80. The molecule has 4 heteroatoms. The molecule has 0 heterocycles. The first kappa shape index (κ1) is 20.8. The zero-order chi connectivity index (χ0) is 15.8. The summed E-state index contributed by atoms with van der Waals surface area (Å²) in [6.45, 7) is 2.25. The number of aliphatic carboxylic acids is 1. The topological polar surface area (TPSA) is 57.5 Å². The second kappa shape index (κ2) is 16.2. The van der Waals surface area contributed by atoms with Crippen molar-refractivity contribution in [1.82, 2.24) is 0 Å². The van der Waals surface area contributed by atoms with Crippen LogP contribution in [-0.2, 0) is 4.79 Å². The molecule has 0 aromatic rings. The van der Waals surface area contributed by atoms with Gasteiger partial charge >= 0.3 is 5.97 Å². The second-order valence-electron chi connectivity index (χ2n) is 5.84. The molecule has 1 unspecified atom stereocenters. The third-order valence-electron chi connectivity index (χ3n) is 3.64. The molecule has 3 nitrogen and oxygen atoms in total. The predicted molar refractivity (Wildman–Crippen MR) is 92.0 cm³/mol. The highest BCUT2D eigenvalue weighted by atomic mass is 32.2. The van der Waals surface area contributed by atoms with Crippen LogP contribution in [0.4, 0.5) is 0 Å². The predicted octanol–water partition coefficient (Wildman–Crippen LogP) is 4.87. The molecule has 21 heavy (non-hydrogen) atoms. The van der Waals surface area contributed by atoms with Crippen LogP contribution >= 0.6 is 11.8 Å². The maximum Gasteiger partial charge on any atom is 0.303 e. The fraction of sp³-hybridized carbons (Fsp3) is 0.941. The molecule has 0 aliphatic heterocycles. The lowest BCUT2D eigenvalue weighted by atomic mass is 10.1. The van der Waals surface area contributed by atoms with Crippen LogP contribution in [-0.4, -0.2) is 33.8 Å². The Morgan fingerprint density at radius 2 is 1.48 bits per heavy atom. The molecule has 0 bridgehead atoms. The van der Waals surface area contributed by atoms with E-state index < -0.39 is 12.1 Å². The Labute approximate surface area is 134 Å². The number of aliphatic hydroxyl groups excluding tert-OH is 1. The van der Waals surface area contributed by atoms with E-state index >= 15 is 0 Å². The number of carboxylic acids is 1. The van der Waals surface area contributed by atoms with E-state index in [1.165, 1.54) is 64.2 Å². The summed E-state index contributed by atoms with van der Waals surface area (Å²) in [5.41, 5.74) is 0. The second-order valence-corrected chi connectivity index (χ2v) is 6.99. The van der Waals surface area contributed by atoms with Gasteiger partial charge in [-0.1, -0.05) is 64.7 Å². The summed E-state index contributed by atoms with van der Waals surface area (Å²) in [5, 5.41) is 18.1. The lowest BCUT2D eigenvalue weighted by molar-refractivity contribution is -0.137. The lowest BCUT2D eigenvalue weighted by Gasteiger charge is -2.08. The molecule has 0 spiro atoms. The van der Waals surface area contributed by atoms with Gasteiger partial charge in [-0.25, -0.2) is 0 Å². The first-order chi connectivity index (χ1) is 10.2. The van der Waals surface area contributed by atoms with E-state index in [-0.39, 0.29) is 6.42 Å². The van der Waals surface area contributed by atoms with Crippen molar-refractivity contribution in [3.8, 4) is 0 Å². The minimum Gasteiger partial charge on any atom is -0.481 e. The number of rotatable bonds is 16. The molecular weight excluding hydrogens is 284 g/mol. The normalized spacial score (nSPS) is 12.5. The number of aliphatic hydroxyl groups is 1. The van der Waals surface area contributed by atoms with Crippen LogP contribution < -0.4 is 0 Å². The Hall–Kier alpha value is -0.220. The maximum atomic E-state index is 10.4. The van der Waals surface area contributed by atoms with Crippen molar-refractivity contribution in [3.05, 3.63) is 0 Å². The summed E-state index contributed by atoms with van der Waals surface area (Å²) in [6.07, 6.45) is 13.4. The van der Waals surface area contributed by atoms with Crippen LogP contribution in [0.25, 0.3) is 0 Å². The molecule has 1 atom stereocenters. The average Bonchev–Trinajstić information content (AvgIpc) is 2.46. The molecule has 0 rings (SSSR count). The zero-order valence-electron chi connectivity index (χ0n) is 13.7. The highest BCUT2D eigenvalue weighted by Gasteiger charge is 2.06. The van der Waals surface area contributed by atoms with E-state index in [0.29, 0.717) is 12.2 Å². The van der Waals surface area contributed by atoms with E-state index in [1.807, 2.05) is 0 Å². The average molecular weight is 319 g/mol. The largest absolute Gasteiger partial charge is 0.481 e. The maximum absolute atomic E-state index is 10.4. The van der Waals surface area contributed by atoms with E-state index in [4.69, 9.17) is 5.11 Å². The summed E-state index contributed by atoms with van der Waals surface area (Å²) in [7, 11) is 0. The van der Waals surface area contributed by atoms with Crippen molar-refractivity contribution in [2.24, 2.45) is 0 Å². The van der Waals surface area contributed by atoms with Gasteiger partial charge in [-0.15, -0.1) is 0 Å². The first-order valence-electron chi connectivity index (χ1n) is 8.64. The Kier molecular flexibility index (Phi) is 16.0. The molecular formula is C17H34O3S. The summed E-state index contributed by atoms with van der Waals surface area (Å²) in [4.78, 5) is 10.4. The highest BCUT2D eigenvalue weighted by molar-refractivity contribution is 7.99. The zero-order valence-corrected chi connectivity index (χ0v) is 14.5. The molecule has 0 fully saturated rings. The van der Waals surface area contributed by atoms with Gasteiger partial charge in [-0.05, 0) is 18.6 Å². The van der Waals surface area contributed by atoms with E-state index in [9.17, 15) is 9.90 Å². The van der Waals surface area contributed by atoms with Crippen molar-refractivity contribution in [2.45, 2.75) is 90.1 Å². The number of carboxylic acid groups (broad SMARTS) is 1. The fourth-order valence-corrected chi connectivity index (χ4v) is 3.30. The Bertz CT molecular complexity index is 234. The minimum atomic E-state index is -0.825. The SMILES string of the molecule is CCCCCCCCCCCCSCC(O)CCC(=O)O. The van der Waals surface area contributed by atoms with E-state index in [2.05, 4.69) is 6.92 Å². The van der Waals surface area contributed by atoms with Crippen LogP contribution in [0.2, 0.25) is 0 Å². The van der Waals surface area contributed by atoms with Crippen molar-refractivity contribution in [2.75, 3.05) is 11.5 Å². The summed E-state index contributed by atoms with van der Waals surface area (Å²) in [5.74, 6) is 0.930. The van der Waals surface area contributed by atoms with Gasteiger partial charge in [0, 0.05) is 12.2 Å². The lowest BCUT2D eigenvalue weighted by Crippen LogP contribution is -2.12. The number of carbonyl (C=O) groups is 1. The van der Waals surface area contributed by atoms with Crippen LogP contribution in [0.1, 0.15) is 84.0 Å². The van der Waals surface area contributed by atoms with Gasteiger partial charge in [-0.3, -0.25) is 4.79 Å². The molecule has 0 aromatic heterocycles. The van der Waals surface area contributed by atoms with Crippen molar-refractivity contribution >= 4 is 17.7 Å². The standard InChI is InChI=1S/C17H34O3S/c1-2-3-4-5-6-7-8-9-10-11-14-21-15-16(18)12-13-17(19)20/h16,18H,2-15H2,1H3,(H,19,20). The quantitative estimate of drug-likeness (QED) is 0.399. The molecule has 0 aliphatic carbocycles. The number of thioether (sulfide) groups is 1. The van der Waals surface area contributed by atoms with Crippen LogP contribution in [0.3, 0.4) is 0 Å². The molecule has 0 radical (unpaired) electrons. The monoisotopic (exact) mass is 318 g/mol. The fourth-order valence-electron chi connectivity index (χ4n) is 2.28. The van der Waals surface area contributed by atoms with Gasteiger partial charge in [0.1, 0.15) is 0 Å². The number of hydrogen-bond acceptors (Lipinski definition) is 3. The van der Waals surface area contributed by atoms with E-state index in [0.717, 1.165) is 5.75 Å². The molecule has 0 amide bonds. The van der Waals surface area contributed by atoms with E-state index in [1.54, 1.807) is 11.8 Å². The van der Waals surface area contributed by atoms with Crippen LogP contribution in [0.5, 0.6) is 0 Å². The van der Waals surface area contributed by atoms with Gasteiger partial charge in [0.2, 0.25) is 0 Å². The van der Waals surface area contributed by atoms with Gasteiger partial charge in [0.05, 0.1) is 6.10 Å². The molecule has 0 saturated heterocycles. The van der Waals surface area contributed by atoms with Gasteiger partial charge in [0.25, 0.3) is 0 Å². The smallest absolute Gasteiger partial charge is 0.303 e. The van der Waals surface area contributed by atoms with Gasteiger partial charge < -0.3 is 10.2 Å². The van der Waals surface area contributed by atoms with Gasteiger partial charge in [-0.2, -0.15) is 11.8 Å². The molecule has 2 N–H and O–H groups in total. The molecule has 0 saturated carbocycles. The van der Waals surface area contributed by atoms with Crippen molar-refractivity contribution < 1.29 is 15.0 Å². The Morgan fingerprint density at radius 3 is 2.00 bits per heavy atom. The third kappa shape index (κ3) is 17.7. The van der Waals surface area contributed by atoms with Gasteiger partial charge in [0.15, 0.2) is 0 Å². The molecule has 0 aliphatic rings. The number of hydrogen-bond donors (Lipinski definition) is 2. The van der Waals surface area contributed by atoms with Crippen molar-refractivity contribution in [3.63, 3.8) is 0 Å². The number of unbranched alkanes of at least 4 members (excludes halogenated alkanes) is 9.